The molecule has 1 fully saturated rings. The smallest absolute Gasteiger partial charge is 0.234 e. The Balaban J connectivity index is 1.41. The number of amides is 2. The predicted molar refractivity (Wildman–Crippen MR) is 109 cm³/mol. The van der Waals surface area contributed by atoms with Crippen molar-refractivity contribution < 1.29 is 9.59 Å². The van der Waals surface area contributed by atoms with E-state index in [2.05, 4.69) is 28.2 Å². The van der Waals surface area contributed by atoms with Gasteiger partial charge in [-0.15, -0.1) is 11.3 Å². The van der Waals surface area contributed by atoms with Crippen molar-refractivity contribution in [2.45, 2.75) is 39.2 Å². The van der Waals surface area contributed by atoms with Gasteiger partial charge in [-0.25, -0.2) is 4.98 Å². The number of nitrogens with zero attached hydrogens (tertiary/aromatic N) is 3. The third kappa shape index (κ3) is 5.49. The van der Waals surface area contributed by atoms with E-state index in [1.165, 1.54) is 4.70 Å². The molecule has 27 heavy (non-hydrogen) atoms. The van der Waals surface area contributed by atoms with Gasteiger partial charge >= 0.3 is 0 Å². The lowest BCUT2D eigenvalue weighted by Gasteiger charge is -2.34. The normalized spacial score (nSPS) is 16.4. The lowest BCUT2D eigenvalue weighted by molar-refractivity contribution is -0.133. The molecule has 1 N–H and O–H groups in total. The van der Waals surface area contributed by atoms with Crippen LogP contribution in [0.3, 0.4) is 0 Å². The van der Waals surface area contributed by atoms with Crippen molar-refractivity contribution in [3.05, 3.63) is 29.3 Å². The summed E-state index contributed by atoms with van der Waals surface area (Å²) in [4.78, 5) is 33.1. The summed E-state index contributed by atoms with van der Waals surface area (Å²) in [5, 5.41) is 4.01. The van der Waals surface area contributed by atoms with Gasteiger partial charge in [-0.3, -0.25) is 14.5 Å². The molecule has 1 aliphatic rings. The molecule has 2 heterocycles. The molecule has 146 valence electrons. The molecule has 0 radical (unpaired) electrons. The lowest BCUT2D eigenvalue weighted by atomic mass is 10.2. The minimum Gasteiger partial charge on any atom is -0.353 e. The van der Waals surface area contributed by atoms with Gasteiger partial charge in [0.25, 0.3) is 0 Å². The first-order valence-electron chi connectivity index (χ1n) is 9.69. The van der Waals surface area contributed by atoms with Crippen LogP contribution in [-0.2, 0) is 16.0 Å². The van der Waals surface area contributed by atoms with Crippen LogP contribution in [0, 0.1) is 0 Å². The molecule has 0 saturated carbocycles. The molecule has 1 unspecified atom stereocenters. The molecule has 0 spiro atoms. The summed E-state index contributed by atoms with van der Waals surface area (Å²) in [5.74, 6) is 0.248. The zero-order chi connectivity index (χ0) is 19.2. The van der Waals surface area contributed by atoms with Crippen molar-refractivity contribution in [1.29, 1.82) is 0 Å². The highest BCUT2D eigenvalue weighted by molar-refractivity contribution is 7.18. The number of thiazole rings is 1. The zero-order valence-corrected chi connectivity index (χ0v) is 16.9. The van der Waals surface area contributed by atoms with E-state index in [1.54, 1.807) is 11.3 Å². The fourth-order valence-corrected chi connectivity index (χ4v) is 4.15. The predicted octanol–water partition coefficient (Wildman–Crippen LogP) is 2.29. The van der Waals surface area contributed by atoms with Gasteiger partial charge in [0, 0.05) is 45.1 Å². The quantitative estimate of drug-likeness (QED) is 0.790. The van der Waals surface area contributed by atoms with Crippen LogP contribution in [0.2, 0.25) is 0 Å². The molecule has 0 bridgehead atoms. The van der Waals surface area contributed by atoms with Crippen molar-refractivity contribution in [2.75, 3.05) is 32.7 Å². The maximum atomic E-state index is 12.5. The Morgan fingerprint density at radius 1 is 1.22 bits per heavy atom. The van der Waals surface area contributed by atoms with Gasteiger partial charge in [0.05, 0.1) is 21.8 Å². The minimum absolute atomic E-state index is 0.0694. The second kappa shape index (κ2) is 9.28. The third-order valence-corrected chi connectivity index (χ3v) is 6.10. The Labute approximate surface area is 164 Å². The van der Waals surface area contributed by atoms with E-state index in [0.717, 1.165) is 30.0 Å². The molecule has 2 aromatic rings. The Bertz CT molecular complexity index is 750. The van der Waals surface area contributed by atoms with E-state index in [9.17, 15) is 9.59 Å². The summed E-state index contributed by atoms with van der Waals surface area (Å²) in [5.41, 5.74) is 1.01. The molecular weight excluding hydrogens is 360 g/mol. The topological polar surface area (TPSA) is 65.5 Å². The van der Waals surface area contributed by atoms with Gasteiger partial charge in [-0.05, 0) is 25.5 Å². The number of aryl methyl sites for hydroxylation is 1. The fraction of sp³-hybridized carbons (Fsp3) is 0.550. The highest BCUT2D eigenvalue weighted by Gasteiger charge is 2.22. The van der Waals surface area contributed by atoms with E-state index in [0.29, 0.717) is 32.5 Å². The number of nitrogens with one attached hydrogen (secondary N) is 1. The molecule has 2 amide bonds. The van der Waals surface area contributed by atoms with E-state index < -0.39 is 0 Å². The summed E-state index contributed by atoms with van der Waals surface area (Å²) in [6, 6.07) is 8.28. The first kappa shape index (κ1) is 19.8. The number of para-hydroxylation sites is 1. The number of benzene rings is 1. The largest absolute Gasteiger partial charge is 0.353 e. The zero-order valence-electron chi connectivity index (χ0n) is 16.1. The number of carbonyl (C=O) groups excluding carboxylic acids is 2. The average Bonchev–Trinajstić information content (AvgIpc) is 3.09. The molecule has 1 saturated heterocycles. The number of carbonyl (C=O) groups is 2. The van der Waals surface area contributed by atoms with Crippen LogP contribution >= 0.6 is 11.3 Å². The Morgan fingerprint density at radius 3 is 2.67 bits per heavy atom. The third-order valence-electron chi connectivity index (χ3n) is 5.00. The second-order valence-corrected chi connectivity index (χ2v) is 8.22. The minimum atomic E-state index is 0.0694. The molecule has 0 aliphatic carbocycles. The Morgan fingerprint density at radius 2 is 1.96 bits per heavy atom. The van der Waals surface area contributed by atoms with Gasteiger partial charge in [-0.2, -0.15) is 0 Å². The molecule has 1 aromatic heterocycles. The van der Waals surface area contributed by atoms with Crippen molar-refractivity contribution in [1.82, 2.24) is 20.1 Å². The highest BCUT2D eigenvalue weighted by Crippen LogP contribution is 2.22. The molecule has 1 aliphatic heterocycles. The van der Waals surface area contributed by atoms with E-state index in [-0.39, 0.29) is 17.9 Å². The SMILES string of the molecule is CCC(C)NC(=O)CN1CCN(C(=O)CCc2nc3ccccc3s2)CC1. The number of aromatic nitrogens is 1. The highest BCUT2D eigenvalue weighted by atomic mass is 32.1. The van der Waals surface area contributed by atoms with Gasteiger partial charge in [-0.1, -0.05) is 19.1 Å². The lowest BCUT2D eigenvalue weighted by Crippen LogP contribution is -2.51. The first-order valence-corrected chi connectivity index (χ1v) is 10.5. The van der Waals surface area contributed by atoms with Crippen LogP contribution in [0.5, 0.6) is 0 Å². The van der Waals surface area contributed by atoms with Gasteiger partial charge in [0.15, 0.2) is 0 Å². The monoisotopic (exact) mass is 388 g/mol. The van der Waals surface area contributed by atoms with Crippen LogP contribution in [0.15, 0.2) is 24.3 Å². The van der Waals surface area contributed by atoms with Gasteiger partial charge in [0.1, 0.15) is 0 Å². The van der Waals surface area contributed by atoms with Crippen molar-refractivity contribution in [2.24, 2.45) is 0 Å². The fourth-order valence-electron chi connectivity index (χ4n) is 3.18. The summed E-state index contributed by atoms with van der Waals surface area (Å²) in [7, 11) is 0. The van der Waals surface area contributed by atoms with E-state index in [1.807, 2.05) is 30.0 Å². The second-order valence-electron chi connectivity index (χ2n) is 7.11. The van der Waals surface area contributed by atoms with Crippen LogP contribution in [0.1, 0.15) is 31.7 Å². The summed E-state index contributed by atoms with van der Waals surface area (Å²) >= 11 is 1.67. The Kier molecular flexibility index (Phi) is 6.79. The number of rotatable bonds is 7. The summed E-state index contributed by atoms with van der Waals surface area (Å²) in [6.07, 6.45) is 2.12. The molecule has 6 nitrogen and oxygen atoms in total. The number of fused-ring (bicyclic) bond motifs is 1. The van der Waals surface area contributed by atoms with E-state index >= 15 is 0 Å². The number of piperazine rings is 1. The summed E-state index contributed by atoms with van der Waals surface area (Å²) < 4.78 is 1.17. The standard InChI is InChI=1S/C20H28N4O2S/c1-3-15(2)21-18(25)14-23-10-12-24(13-11-23)20(26)9-8-19-22-16-6-4-5-7-17(16)27-19/h4-7,15H,3,8-14H2,1-2H3,(H,21,25). The maximum Gasteiger partial charge on any atom is 0.234 e. The van der Waals surface area contributed by atoms with Gasteiger partial charge < -0.3 is 10.2 Å². The van der Waals surface area contributed by atoms with Crippen molar-refractivity contribution in [3.63, 3.8) is 0 Å². The first-order chi connectivity index (χ1) is 13.0. The molecular formula is C20H28N4O2S. The van der Waals surface area contributed by atoms with Crippen LogP contribution in [-0.4, -0.2) is 65.4 Å². The molecule has 1 aromatic carbocycles. The van der Waals surface area contributed by atoms with Crippen molar-refractivity contribution >= 4 is 33.4 Å². The van der Waals surface area contributed by atoms with Crippen LogP contribution in [0.4, 0.5) is 0 Å². The Hall–Kier alpha value is -1.99. The average molecular weight is 389 g/mol. The van der Waals surface area contributed by atoms with Crippen molar-refractivity contribution in [3.8, 4) is 0 Å². The van der Waals surface area contributed by atoms with Crippen LogP contribution in [0.25, 0.3) is 10.2 Å². The number of hydrogen-bond donors (Lipinski definition) is 1. The number of hydrogen-bond acceptors (Lipinski definition) is 5. The summed E-state index contributed by atoms with van der Waals surface area (Å²) in [6.45, 7) is 7.37. The molecule has 3 rings (SSSR count). The maximum absolute atomic E-state index is 12.5. The molecule has 1 atom stereocenters. The van der Waals surface area contributed by atoms with Crippen LogP contribution < -0.4 is 5.32 Å². The molecule has 7 heteroatoms. The van der Waals surface area contributed by atoms with E-state index in [4.69, 9.17) is 0 Å². The van der Waals surface area contributed by atoms with Gasteiger partial charge in [0.2, 0.25) is 11.8 Å².